The molecule has 0 unspecified atom stereocenters. The zero-order valence-electron chi connectivity index (χ0n) is 11.0. The molecule has 102 valence electrons. The van der Waals surface area contributed by atoms with Crippen LogP contribution in [0.1, 0.15) is 21.6 Å². The average molecular weight is 270 g/mol. The summed E-state index contributed by atoms with van der Waals surface area (Å²) >= 11 is 0. The van der Waals surface area contributed by atoms with Crippen molar-refractivity contribution in [2.75, 3.05) is 6.61 Å². The molecule has 0 bridgehead atoms. The van der Waals surface area contributed by atoms with E-state index in [2.05, 4.69) is 27.2 Å². The third-order valence-corrected chi connectivity index (χ3v) is 2.57. The first-order valence-corrected chi connectivity index (χ1v) is 6.01. The summed E-state index contributed by atoms with van der Waals surface area (Å²) in [5, 5.41) is 15.7. The van der Waals surface area contributed by atoms with Gasteiger partial charge in [0.15, 0.2) is 0 Å². The molecule has 2 aromatic rings. The number of carbonyl (C=O) groups excluding carboxylic acids is 1. The van der Waals surface area contributed by atoms with Crippen LogP contribution >= 0.6 is 0 Å². The van der Waals surface area contributed by atoms with Gasteiger partial charge >= 0.3 is 0 Å². The second-order valence-electron chi connectivity index (χ2n) is 4.04. The summed E-state index contributed by atoms with van der Waals surface area (Å²) in [5.41, 5.74) is 1.69. The molecule has 0 aliphatic carbocycles. The van der Waals surface area contributed by atoms with E-state index < -0.39 is 0 Å². The molecular formula is C14H14N4O2. The van der Waals surface area contributed by atoms with Crippen molar-refractivity contribution in [3.05, 3.63) is 47.5 Å². The minimum atomic E-state index is -0.260. The summed E-state index contributed by atoms with van der Waals surface area (Å²) in [6, 6.07) is 3.43. The highest BCUT2D eigenvalue weighted by Gasteiger charge is 2.10. The third-order valence-electron chi connectivity index (χ3n) is 2.57. The molecular weight excluding hydrogens is 256 g/mol. The van der Waals surface area contributed by atoms with E-state index in [-0.39, 0.29) is 12.5 Å². The fourth-order valence-electron chi connectivity index (χ4n) is 1.65. The Morgan fingerprint density at radius 2 is 2.35 bits per heavy atom. The largest absolute Gasteiger partial charge is 0.384 e. The van der Waals surface area contributed by atoms with Crippen molar-refractivity contribution in [3.63, 3.8) is 0 Å². The van der Waals surface area contributed by atoms with Crippen molar-refractivity contribution in [1.29, 1.82) is 0 Å². The Hall–Kier alpha value is -2.65. The van der Waals surface area contributed by atoms with E-state index in [1.54, 1.807) is 10.7 Å². The lowest BCUT2D eigenvalue weighted by Gasteiger charge is -2.05. The summed E-state index contributed by atoms with van der Waals surface area (Å²) in [7, 11) is 1.82. The van der Waals surface area contributed by atoms with Crippen LogP contribution in [0.2, 0.25) is 0 Å². The average Bonchev–Trinajstić information content (AvgIpc) is 2.88. The summed E-state index contributed by atoms with van der Waals surface area (Å²) in [4.78, 5) is 16.0. The lowest BCUT2D eigenvalue weighted by Crippen LogP contribution is -2.24. The van der Waals surface area contributed by atoms with Crippen molar-refractivity contribution < 1.29 is 9.90 Å². The first-order valence-electron chi connectivity index (χ1n) is 6.01. The Bertz CT molecular complexity index is 667. The summed E-state index contributed by atoms with van der Waals surface area (Å²) in [6.07, 6.45) is 4.84. The second kappa shape index (κ2) is 6.50. The molecule has 0 aliphatic rings. The maximum absolute atomic E-state index is 12.1. The normalized spacial score (nSPS) is 9.70. The van der Waals surface area contributed by atoms with Crippen LogP contribution in [0, 0.1) is 11.8 Å². The molecule has 0 atom stereocenters. The van der Waals surface area contributed by atoms with Crippen LogP contribution in [-0.2, 0) is 13.6 Å². The number of hydrogen-bond acceptors (Lipinski definition) is 4. The minimum Gasteiger partial charge on any atom is -0.384 e. The molecule has 2 rings (SSSR count). The molecule has 0 aromatic carbocycles. The second-order valence-corrected chi connectivity index (χ2v) is 4.04. The van der Waals surface area contributed by atoms with E-state index in [1.807, 2.05) is 19.3 Å². The SMILES string of the molecule is Cn1ccc(CNC(=O)c2ccncc2C#CCO)n1. The monoisotopic (exact) mass is 270 g/mol. The topological polar surface area (TPSA) is 80.0 Å². The maximum Gasteiger partial charge on any atom is 0.252 e. The Labute approximate surface area is 116 Å². The molecule has 2 aromatic heterocycles. The number of aliphatic hydroxyl groups is 1. The van der Waals surface area contributed by atoms with E-state index in [0.717, 1.165) is 5.69 Å². The number of aliphatic hydroxyl groups excluding tert-OH is 1. The molecule has 0 spiro atoms. The number of aromatic nitrogens is 3. The molecule has 0 saturated heterocycles. The zero-order valence-corrected chi connectivity index (χ0v) is 11.0. The number of carbonyl (C=O) groups is 1. The quantitative estimate of drug-likeness (QED) is 0.775. The summed E-state index contributed by atoms with van der Waals surface area (Å²) in [5.74, 6) is 4.96. The molecule has 20 heavy (non-hydrogen) atoms. The number of hydrogen-bond donors (Lipinski definition) is 2. The highest BCUT2D eigenvalue weighted by Crippen LogP contribution is 2.05. The van der Waals surface area contributed by atoms with E-state index in [1.165, 1.54) is 12.4 Å². The Morgan fingerprint density at radius 3 is 3.05 bits per heavy atom. The number of nitrogens with one attached hydrogen (secondary N) is 1. The third kappa shape index (κ3) is 3.43. The molecule has 1 amide bonds. The minimum absolute atomic E-state index is 0.250. The van der Waals surface area contributed by atoms with Crippen molar-refractivity contribution in [3.8, 4) is 11.8 Å². The van der Waals surface area contributed by atoms with Crippen molar-refractivity contribution in [2.24, 2.45) is 7.05 Å². The van der Waals surface area contributed by atoms with Gasteiger partial charge in [-0.2, -0.15) is 5.10 Å². The Morgan fingerprint density at radius 1 is 1.50 bits per heavy atom. The van der Waals surface area contributed by atoms with Gasteiger partial charge in [0.05, 0.1) is 23.4 Å². The Balaban J connectivity index is 2.09. The fraction of sp³-hybridized carbons (Fsp3) is 0.214. The first kappa shape index (κ1) is 13.8. The van der Waals surface area contributed by atoms with E-state index in [4.69, 9.17) is 5.11 Å². The van der Waals surface area contributed by atoms with Crippen LogP contribution in [0.5, 0.6) is 0 Å². The Kier molecular flexibility index (Phi) is 4.47. The van der Waals surface area contributed by atoms with E-state index in [9.17, 15) is 4.79 Å². The predicted octanol–water partition coefficient (Wildman–Crippen LogP) is 0.0889. The number of aryl methyl sites for hydroxylation is 1. The molecule has 2 N–H and O–H groups in total. The van der Waals surface area contributed by atoms with Crippen LogP contribution < -0.4 is 5.32 Å². The van der Waals surface area contributed by atoms with Crippen LogP contribution in [-0.4, -0.2) is 32.4 Å². The highest BCUT2D eigenvalue weighted by atomic mass is 16.2. The fourth-order valence-corrected chi connectivity index (χ4v) is 1.65. The van der Waals surface area contributed by atoms with Crippen LogP contribution in [0.4, 0.5) is 0 Å². The van der Waals surface area contributed by atoms with Gasteiger partial charge in [-0.25, -0.2) is 0 Å². The molecule has 0 radical (unpaired) electrons. The lowest BCUT2D eigenvalue weighted by atomic mass is 10.1. The van der Waals surface area contributed by atoms with E-state index in [0.29, 0.717) is 17.7 Å². The number of pyridine rings is 1. The molecule has 6 nitrogen and oxygen atoms in total. The van der Waals surface area contributed by atoms with Crippen molar-refractivity contribution in [1.82, 2.24) is 20.1 Å². The molecule has 2 heterocycles. The standard InChI is InChI=1S/C14H14N4O2/c1-18-7-5-12(17-18)10-16-14(20)13-4-6-15-9-11(13)3-2-8-19/h4-7,9,19H,8,10H2,1H3,(H,16,20). The van der Waals surface area contributed by atoms with Gasteiger partial charge in [0.25, 0.3) is 5.91 Å². The van der Waals surface area contributed by atoms with Crippen LogP contribution in [0.25, 0.3) is 0 Å². The number of rotatable bonds is 3. The first-order chi connectivity index (χ1) is 9.70. The molecule has 0 saturated carbocycles. The van der Waals surface area contributed by atoms with Gasteiger partial charge < -0.3 is 10.4 Å². The number of amides is 1. The van der Waals surface area contributed by atoms with Gasteiger partial charge in [-0.05, 0) is 12.1 Å². The predicted molar refractivity (Wildman–Crippen MR) is 72.6 cm³/mol. The summed E-state index contributed by atoms with van der Waals surface area (Å²) < 4.78 is 1.67. The molecule has 0 aliphatic heterocycles. The van der Waals surface area contributed by atoms with Gasteiger partial charge in [0, 0.05) is 25.6 Å². The van der Waals surface area contributed by atoms with Crippen LogP contribution in [0.3, 0.4) is 0 Å². The van der Waals surface area contributed by atoms with Gasteiger partial charge in [0.2, 0.25) is 0 Å². The maximum atomic E-state index is 12.1. The van der Waals surface area contributed by atoms with Gasteiger partial charge in [-0.1, -0.05) is 11.8 Å². The van der Waals surface area contributed by atoms with Gasteiger partial charge in [-0.15, -0.1) is 0 Å². The highest BCUT2D eigenvalue weighted by molar-refractivity contribution is 5.96. The van der Waals surface area contributed by atoms with Gasteiger partial charge in [0.1, 0.15) is 6.61 Å². The summed E-state index contributed by atoms with van der Waals surface area (Å²) in [6.45, 7) is 0.0821. The van der Waals surface area contributed by atoms with Gasteiger partial charge in [-0.3, -0.25) is 14.5 Å². The van der Waals surface area contributed by atoms with Crippen molar-refractivity contribution >= 4 is 5.91 Å². The van der Waals surface area contributed by atoms with Crippen LogP contribution in [0.15, 0.2) is 30.7 Å². The molecule has 6 heteroatoms. The number of nitrogens with zero attached hydrogens (tertiary/aromatic N) is 3. The van der Waals surface area contributed by atoms with Crippen molar-refractivity contribution in [2.45, 2.75) is 6.54 Å². The zero-order chi connectivity index (χ0) is 14.4. The van der Waals surface area contributed by atoms with E-state index >= 15 is 0 Å². The molecule has 0 fully saturated rings. The lowest BCUT2D eigenvalue weighted by molar-refractivity contribution is 0.0950. The smallest absolute Gasteiger partial charge is 0.252 e.